The van der Waals surface area contributed by atoms with Crippen LogP contribution in [-0.2, 0) is 0 Å². The van der Waals surface area contributed by atoms with Crippen LogP contribution >= 0.6 is 15.9 Å². The zero-order valence-electron chi connectivity index (χ0n) is 6.06. The molecule has 0 amide bonds. The van der Waals surface area contributed by atoms with E-state index in [4.69, 9.17) is 5.26 Å². The summed E-state index contributed by atoms with van der Waals surface area (Å²) in [5, 5.41) is 8.40. The monoisotopic (exact) mass is 250 g/mol. The van der Waals surface area contributed by atoms with Gasteiger partial charge in [-0.25, -0.2) is 13.8 Å². The maximum Gasteiger partial charge on any atom is 0.266 e. The average Bonchev–Trinajstić information content (AvgIpc) is 2.04. The molecule has 0 unspecified atom stereocenters. The van der Waals surface area contributed by atoms with E-state index in [9.17, 15) is 13.2 Å². The molecule has 0 aliphatic heterocycles. The van der Waals surface area contributed by atoms with Crippen molar-refractivity contribution in [1.82, 2.24) is 4.98 Å². The normalized spacial score (nSPS) is 10.2. The molecule has 1 aromatic heterocycles. The standard InChI is InChI=1S/C7H2BrF3N2/c8-5-3(1-12)7(11)13-2-4(5)6(9)10/h2,6H. The topological polar surface area (TPSA) is 36.7 Å². The average molecular weight is 251 g/mol. The lowest BCUT2D eigenvalue weighted by molar-refractivity contribution is 0.150. The lowest BCUT2D eigenvalue weighted by Gasteiger charge is -2.03. The molecule has 1 aromatic rings. The van der Waals surface area contributed by atoms with Crippen LogP contribution in [0.1, 0.15) is 17.6 Å². The van der Waals surface area contributed by atoms with Crippen molar-refractivity contribution in [3.63, 3.8) is 0 Å². The maximum atomic E-state index is 12.7. The third-order valence-electron chi connectivity index (χ3n) is 1.34. The lowest BCUT2D eigenvalue weighted by atomic mass is 10.2. The van der Waals surface area contributed by atoms with E-state index in [1.807, 2.05) is 0 Å². The smallest absolute Gasteiger partial charge is 0.227 e. The highest BCUT2D eigenvalue weighted by atomic mass is 79.9. The van der Waals surface area contributed by atoms with Crippen LogP contribution in [0.3, 0.4) is 0 Å². The molecule has 0 saturated heterocycles. The molecule has 0 N–H and O–H groups in total. The van der Waals surface area contributed by atoms with Crippen molar-refractivity contribution in [2.24, 2.45) is 0 Å². The fourth-order valence-electron chi connectivity index (χ4n) is 0.730. The minimum atomic E-state index is -2.78. The summed E-state index contributed by atoms with van der Waals surface area (Å²) in [6.07, 6.45) is -2.08. The van der Waals surface area contributed by atoms with E-state index in [-0.39, 0.29) is 4.47 Å². The predicted octanol–water partition coefficient (Wildman–Crippen LogP) is 2.79. The van der Waals surface area contributed by atoms with Gasteiger partial charge in [-0.1, -0.05) is 0 Å². The molecular weight excluding hydrogens is 249 g/mol. The van der Waals surface area contributed by atoms with Gasteiger partial charge in [0.25, 0.3) is 6.43 Å². The molecule has 0 bridgehead atoms. The van der Waals surface area contributed by atoms with Crippen LogP contribution in [0.15, 0.2) is 10.7 Å². The molecule has 6 heteroatoms. The zero-order valence-corrected chi connectivity index (χ0v) is 7.65. The first kappa shape index (κ1) is 9.99. The van der Waals surface area contributed by atoms with Crippen LogP contribution in [0.2, 0.25) is 0 Å². The van der Waals surface area contributed by atoms with E-state index in [0.29, 0.717) is 6.20 Å². The highest BCUT2D eigenvalue weighted by Crippen LogP contribution is 2.29. The summed E-state index contributed by atoms with van der Waals surface area (Å²) in [5.41, 5.74) is -0.990. The highest BCUT2D eigenvalue weighted by Gasteiger charge is 2.18. The van der Waals surface area contributed by atoms with Gasteiger partial charge in [0.15, 0.2) is 0 Å². The molecule has 68 valence electrons. The number of pyridine rings is 1. The molecule has 0 aromatic carbocycles. The molecule has 0 atom stereocenters. The van der Waals surface area contributed by atoms with E-state index < -0.39 is 23.5 Å². The number of aromatic nitrogens is 1. The molecule has 1 rings (SSSR count). The van der Waals surface area contributed by atoms with E-state index >= 15 is 0 Å². The minimum absolute atomic E-state index is 0.238. The fourth-order valence-corrected chi connectivity index (χ4v) is 1.26. The first-order valence-corrected chi connectivity index (χ1v) is 3.89. The molecule has 0 fully saturated rings. The molecule has 0 aliphatic carbocycles. The lowest BCUT2D eigenvalue weighted by Crippen LogP contribution is -1.96. The molecular formula is C7H2BrF3N2. The number of halogens is 4. The number of alkyl halides is 2. The summed E-state index contributed by atoms with van der Waals surface area (Å²) in [7, 11) is 0. The van der Waals surface area contributed by atoms with E-state index in [1.54, 1.807) is 0 Å². The third-order valence-corrected chi connectivity index (χ3v) is 2.20. The maximum absolute atomic E-state index is 12.7. The summed E-state index contributed by atoms with van der Waals surface area (Å²) < 4.78 is 36.8. The van der Waals surface area contributed by atoms with Gasteiger partial charge in [-0.3, -0.25) is 0 Å². The Labute approximate surface area is 80.1 Å². The van der Waals surface area contributed by atoms with Crippen molar-refractivity contribution in [2.45, 2.75) is 6.43 Å². The van der Waals surface area contributed by atoms with Gasteiger partial charge in [-0.2, -0.15) is 9.65 Å². The van der Waals surface area contributed by atoms with Crippen LogP contribution < -0.4 is 0 Å². The Morgan fingerprint density at radius 1 is 1.54 bits per heavy atom. The van der Waals surface area contributed by atoms with Gasteiger partial charge >= 0.3 is 0 Å². The largest absolute Gasteiger partial charge is 0.266 e. The molecule has 0 radical (unpaired) electrons. The van der Waals surface area contributed by atoms with Gasteiger partial charge in [-0.05, 0) is 15.9 Å². The summed E-state index contributed by atoms with van der Waals surface area (Å²) in [4.78, 5) is 3.03. The number of hydrogen-bond acceptors (Lipinski definition) is 2. The van der Waals surface area contributed by atoms with E-state index in [2.05, 4.69) is 20.9 Å². The Balaban J connectivity index is 3.38. The molecule has 13 heavy (non-hydrogen) atoms. The Hall–Kier alpha value is -1.09. The molecule has 0 saturated carbocycles. The molecule has 1 heterocycles. The summed E-state index contributed by atoms with van der Waals surface area (Å²) in [5.74, 6) is -1.06. The van der Waals surface area contributed by atoms with Crippen LogP contribution in [0, 0.1) is 17.3 Å². The van der Waals surface area contributed by atoms with Gasteiger partial charge in [0.1, 0.15) is 11.6 Å². The number of rotatable bonds is 1. The minimum Gasteiger partial charge on any atom is -0.227 e. The number of nitriles is 1. The number of nitrogens with zero attached hydrogens (tertiary/aromatic N) is 2. The second-order valence-electron chi connectivity index (χ2n) is 2.11. The third kappa shape index (κ3) is 1.80. The van der Waals surface area contributed by atoms with Crippen molar-refractivity contribution in [3.8, 4) is 6.07 Å². The predicted molar refractivity (Wildman–Crippen MR) is 41.6 cm³/mol. The van der Waals surface area contributed by atoms with Crippen molar-refractivity contribution in [3.05, 3.63) is 27.7 Å². The van der Waals surface area contributed by atoms with Gasteiger partial charge in [-0.15, -0.1) is 0 Å². The second-order valence-corrected chi connectivity index (χ2v) is 2.90. The van der Waals surface area contributed by atoms with Gasteiger partial charge in [0, 0.05) is 6.20 Å². The van der Waals surface area contributed by atoms with Crippen molar-refractivity contribution < 1.29 is 13.2 Å². The molecule has 0 aliphatic rings. The summed E-state index contributed by atoms with van der Waals surface area (Å²) in [6, 6.07) is 1.44. The SMILES string of the molecule is N#Cc1c(F)ncc(C(F)F)c1Br. The van der Waals surface area contributed by atoms with Crippen LogP contribution in [0.25, 0.3) is 0 Å². The first-order chi connectivity index (χ1) is 6.07. The van der Waals surface area contributed by atoms with Crippen molar-refractivity contribution in [1.29, 1.82) is 5.26 Å². The quantitative estimate of drug-likeness (QED) is 0.719. The fraction of sp³-hybridized carbons (Fsp3) is 0.143. The van der Waals surface area contributed by atoms with Crippen LogP contribution in [0.5, 0.6) is 0 Å². The Morgan fingerprint density at radius 2 is 2.15 bits per heavy atom. The van der Waals surface area contributed by atoms with E-state index in [0.717, 1.165) is 0 Å². The Bertz CT molecular complexity index is 373. The Morgan fingerprint density at radius 3 is 2.62 bits per heavy atom. The summed E-state index contributed by atoms with van der Waals surface area (Å²) in [6.45, 7) is 0. The van der Waals surface area contributed by atoms with Gasteiger partial charge in [0.2, 0.25) is 5.95 Å². The van der Waals surface area contributed by atoms with Gasteiger partial charge < -0.3 is 0 Å². The second kappa shape index (κ2) is 3.75. The molecule has 0 spiro atoms. The van der Waals surface area contributed by atoms with Crippen LogP contribution in [-0.4, -0.2) is 4.98 Å². The molecule has 2 nitrogen and oxygen atoms in total. The summed E-state index contributed by atoms with van der Waals surface area (Å²) >= 11 is 2.71. The Kier molecular flexibility index (Phi) is 2.88. The van der Waals surface area contributed by atoms with Crippen LogP contribution in [0.4, 0.5) is 13.2 Å². The van der Waals surface area contributed by atoms with Crippen molar-refractivity contribution in [2.75, 3.05) is 0 Å². The van der Waals surface area contributed by atoms with Gasteiger partial charge in [0.05, 0.1) is 10.0 Å². The zero-order chi connectivity index (χ0) is 10.0. The number of hydrogen-bond donors (Lipinski definition) is 0. The first-order valence-electron chi connectivity index (χ1n) is 3.10. The van der Waals surface area contributed by atoms with Crippen molar-refractivity contribution >= 4 is 15.9 Å². The highest BCUT2D eigenvalue weighted by molar-refractivity contribution is 9.10. The van der Waals surface area contributed by atoms with E-state index in [1.165, 1.54) is 6.07 Å².